The Kier molecular flexibility index (Phi) is 4.92. The summed E-state index contributed by atoms with van der Waals surface area (Å²) in [7, 11) is 0. The molecule has 0 saturated heterocycles. The van der Waals surface area contributed by atoms with Crippen molar-refractivity contribution in [1.82, 2.24) is 5.32 Å². The fourth-order valence-electron chi connectivity index (χ4n) is 3.04. The first-order valence-corrected chi connectivity index (χ1v) is 7.54. The van der Waals surface area contributed by atoms with E-state index in [1.165, 1.54) is 6.92 Å². The molecular formula is C15H19N3O5. The standard InChI is InChI=1S/C15H19N3O5/c1-9-4-3-5-11(6-9)16-15(19)13-7-12(17(20)21)8-14(10(13)2)18(22)23/h7-9,11H,3-6H2,1-2H3,(H,16,19). The second-order valence-corrected chi connectivity index (χ2v) is 6.09. The largest absolute Gasteiger partial charge is 0.349 e. The average Bonchev–Trinajstić information content (AvgIpc) is 2.46. The van der Waals surface area contributed by atoms with Crippen molar-refractivity contribution >= 4 is 17.3 Å². The van der Waals surface area contributed by atoms with Gasteiger partial charge in [-0.3, -0.25) is 25.0 Å². The molecule has 2 unspecified atom stereocenters. The van der Waals surface area contributed by atoms with Crippen molar-refractivity contribution in [3.05, 3.63) is 43.5 Å². The first kappa shape index (κ1) is 16.9. The number of hydrogen-bond acceptors (Lipinski definition) is 5. The Hall–Kier alpha value is -2.51. The zero-order valence-electron chi connectivity index (χ0n) is 13.1. The summed E-state index contributed by atoms with van der Waals surface area (Å²) in [6.07, 6.45) is 3.84. The third-order valence-corrected chi connectivity index (χ3v) is 4.29. The first-order chi connectivity index (χ1) is 10.8. The quantitative estimate of drug-likeness (QED) is 0.675. The number of nitro groups is 2. The normalized spacial score (nSPS) is 20.8. The van der Waals surface area contributed by atoms with Gasteiger partial charge in [-0.1, -0.05) is 19.8 Å². The van der Waals surface area contributed by atoms with Crippen LogP contribution in [0.4, 0.5) is 11.4 Å². The molecule has 124 valence electrons. The van der Waals surface area contributed by atoms with E-state index >= 15 is 0 Å². The highest BCUT2D eigenvalue weighted by molar-refractivity contribution is 5.97. The fraction of sp³-hybridized carbons (Fsp3) is 0.533. The van der Waals surface area contributed by atoms with Crippen LogP contribution in [-0.4, -0.2) is 21.8 Å². The summed E-state index contributed by atoms with van der Waals surface area (Å²) in [6, 6.07) is 1.99. The van der Waals surface area contributed by atoms with Crippen LogP contribution >= 0.6 is 0 Å². The lowest BCUT2D eigenvalue weighted by atomic mass is 9.87. The van der Waals surface area contributed by atoms with Gasteiger partial charge in [0.2, 0.25) is 0 Å². The number of nitrogens with zero attached hydrogens (tertiary/aromatic N) is 2. The van der Waals surface area contributed by atoms with Gasteiger partial charge in [-0.2, -0.15) is 0 Å². The summed E-state index contributed by atoms with van der Waals surface area (Å²) in [5, 5.41) is 24.9. The van der Waals surface area contributed by atoms with Gasteiger partial charge in [-0.15, -0.1) is 0 Å². The molecule has 2 atom stereocenters. The summed E-state index contributed by atoms with van der Waals surface area (Å²) < 4.78 is 0. The molecule has 1 N–H and O–H groups in total. The summed E-state index contributed by atoms with van der Waals surface area (Å²) >= 11 is 0. The van der Waals surface area contributed by atoms with Gasteiger partial charge in [0.1, 0.15) is 0 Å². The minimum absolute atomic E-state index is 0.00367. The molecule has 0 aliphatic heterocycles. The highest BCUT2D eigenvalue weighted by Gasteiger charge is 2.27. The Bertz CT molecular complexity index is 659. The molecule has 1 aliphatic rings. The zero-order valence-corrected chi connectivity index (χ0v) is 13.1. The molecule has 2 rings (SSSR count). The van der Waals surface area contributed by atoms with E-state index in [0.717, 1.165) is 37.8 Å². The summed E-state index contributed by atoms with van der Waals surface area (Å²) in [4.78, 5) is 33.0. The van der Waals surface area contributed by atoms with Gasteiger partial charge in [0.05, 0.1) is 21.5 Å². The SMILES string of the molecule is Cc1c(C(=O)NC2CCCC(C)C2)cc([N+](=O)[O-])cc1[N+](=O)[O-]. The van der Waals surface area contributed by atoms with Crippen molar-refractivity contribution in [3.8, 4) is 0 Å². The van der Waals surface area contributed by atoms with Gasteiger partial charge < -0.3 is 5.32 Å². The molecule has 1 aliphatic carbocycles. The Labute approximate surface area is 133 Å². The lowest BCUT2D eigenvalue weighted by Crippen LogP contribution is -2.38. The molecule has 1 fully saturated rings. The van der Waals surface area contributed by atoms with Gasteiger partial charge in [0, 0.05) is 17.7 Å². The maximum absolute atomic E-state index is 12.4. The number of nitro benzene ring substituents is 2. The van der Waals surface area contributed by atoms with Gasteiger partial charge in [0.15, 0.2) is 0 Å². The zero-order chi connectivity index (χ0) is 17.1. The third-order valence-electron chi connectivity index (χ3n) is 4.29. The minimum atomic E-state index is -0.730. The van der Waals surface area contributed by atoms with Crippen LogP contribution in [0.25, 0.3) is 0 Å². The fourth-order valence-corrected chi connectivity index (χ4v) is 3.04. The van der Waals surface area contributed by atoms with Gasteiger partial charge in [-0.25, -0.2) is 0 Å². The highest BCUT2D eigenvalue weighted by Crippen LogP contribution is 2.29. The lowest BCUT2D eigenvalue weighted by molar-refractivity contribution is -0.394. The smallest absolute Gasteiger partial charge is 0.279 e. The predicted octanol–water partition coefficient (Wildman–Crippen LogP) is 3.12. The van der Waals surface area contributed by atoms with Crippen LogP contribution in [0.15, 0.2) is 12.1 Å². The topological polar surface area (TPSA) is 115 Å². The number of carbonyl (C=O) groups is 1. The second-order valence-electron chi connectivity index (χ2n) is 6.09. The minimum Gasteiger partial charge on any atom is -0.349 e. The molecule has 1 amide bonds. The van der Waals surface area contributed by atoms with Crippen molar-refractivity contribution in [1.29, 1.82) is 0 Å². The molecular weight excluding hydrogens is 302 g/mol. The molecule has 0 spiro atoms. The van der Waals surface area contributed by atoms with E-state index in [0.29, 0.717) is 5.92 Å². The van der Waals surface area contributed by atoms with Crippen molar-refractivity contribution < 1.29 is 14.6 Å². The number of non-ortho nitro benzene ring substituents is 1. The molecule has 1 saturated carbocycles. The number of amides is 1. The predicted molar refractivity (Wildman–Crippen MR) is 83.4 cm³/mol. The number of carbonyl (C=O) groups excluding carboxylic acids is 1. The van der Waals surface area contributed by atoms with E-state index in [-0.39, 0.29) is 17.2 Å². The van der Waals surface area contributed by atoms with Gasteiger partial charge in [0.25, 0.3) is 17.3 Å². The molecule has 8 nitrogen and oxygen atoms in total. The molecule has 0 aromatic heterocycles. The van der Waals surface area contributed by atoms with Crippen LogP contribution in [-0.2, 0) is 0 Å². The second kappa shape index (κ2) is 6.72. The Balaban J connectivity index is 2.31. The average molecular weight is 321 g/mol. The summed E-state index contributed by atoms with van der Waals surface area (Å²) in [5.41, 5.74) is -0.739. The molecule has 1 aromatic rings. The van der Waals surface area contributed by atoms with E-state index in [1.807, 2.05) is 0 Å². The van der Waals surface area contributed by atoms with Gasteiger partial charge >= 0.3 is 0 Å². The molecule has 23 heavy (non-hydrogen) atoms. The Morgan fingerprint density at radius 1 is 1.22 bits per heavy atom. The molecule has 0 radical (unpaired) electrons. The van der Waals surface area contributed by atoms with Crippen LogP contribution in [0.2, 0.25) is 0 Å². The third kappa shape index (κ3) is 3.82. The molecule has 0 heterocycles. The van der Waals surface area contributed by atoms with Crippen LogP contribution in [0, 0.1) is 33.1 Å². The number of hydrogen-bond donors (Lipinski definition) is 1. The monoisotopic (exact) mass is 321 g/mol. The van der Waals surface area contributed by atoms with Crippen molar-refractivity contribution in [3.63, 3.8) is 0 Å². The van der Waals surface area contributed by atoms with E-state index in [2.05, 4.69) is 12.2 Å². The molecule has 1 aromatic carbocycles. The summed E-state index contributed by atoms with van der Waals surface area (Å²) in [5.74, 6) is 0.0167. The molecule has 8 heteroatoms. The number of nitrogens with one attached hydrogen (secondary N) is 1. The van der Waals surface area contributed by atoms with Crippen LogP contribution < -0.4 is 5.32 Å². The Morgan fingerprint density at radius 3 is 2.48 bits per heavy atom. The maximum Gasteiger partial charge on any atom is 0.279 e. The van der Waals surface area contributed by atoms with Crippen LogP contribution in [0.5, 0.6) is 0 Å². The first-order valence-electron chi connectivity index (χ1n) is 7.54. The molecule has 0 bridgehead atoms. The lowest BCUT2D eigenvalue weighted by Gasteiger charge is -2.27. The van der Waals surface area contributed by atoms with Crippen molar-refractivity contribution in [2.45, 2.75) is 45.6 Å². The Morgan fingerprint density at radius 2 is 1.91 bits per heavy atom. The van der Waals surface area contributed by atoms with Crippen LogP contribution in [0.1, 0.15) is 48.5 Å². The van der Waals surface area contributed by atoms with E-state index in [4.69, 9.17) is 0 Å². The summed E-state index contributed by atoms with van der Waals surface area (Å²) in [6.45, 7) is 3.54. The van der Waals surface area contributed by atoms with E-state index < -0.39 is 27.1 Å². The van der Waals surface area contributed by atoms with Crippen molar-refractivity contribution in [2.75, 3.05) is 0 Å². The highest BCUT2D eigenvalue weighted by atomic mass is 16.6. The maximum atomic E-state index is 12.4. The van der Waals surface area contributed by atoms with Crippen LogP contribution in [0.3, 0.4) is 0 Å². The number of rotatable bonds is 4. The van der Waals surface area contributed by atoms with E-state index in [1.54, 1.807) is 0 Å². The van der Waals surface area contributed by atoms with E-state index in [9.17, 15) is 25.0 Å². The van der Waals surface area contributed by atoms with Crippen molar-refractivity contribution in [2.24, 2.45) is 5.92 Å². The van der Waals surface area contributed by atoms with Gasteiger partial charge in [-0.05, 0) is 25.7 Å². The number of benzene rings is 1.